The van der Waals surface area contributed by atoms with Crippen molar-refractivity contribution in [3.8, 4) is 0 Å². The molecule has 2 nitrogen and oxygen atoms in total. The molecule has 0 saturated carbocycles. The van der Waals surface area contributed by atoms with Crippen LogP contribution < -0.4 is 5.11 Å². The monoisotopic (exact) mass is 296 g/mol. The van der Waals surface area contributed by atoms with Crippen molar-refractivity contribution in [2.75, 3.05) is 0 Å². The number of aromatic carboxylic acids is 1. The standard InChI is InChI=1S/C8H5F3O2.Ag/c9-8(10,11)6-4-2-1-3-5(6)7(12)13;/h1-4H,(H,12,13);/q;+1/p-1. The molecule has 0 radical (unpaired) electrons. The first kappa shape index (κ1) is 13.2. The molecule has 80 valence electrons. The van der Waals surface area contributed by atoms with E-state index in [1.54, 1.807) is 0 Å². The minimum absolute atomic E-state index is 0. The van der Waals surface area contributed by atoms with Gasteiger partial charge in [-0.2, -0.15) is 13.2 Å². The Morgan fingerprint density at radius 3 is 2.07 bits per heavy atom. The van der Waals surface area contributed by atoms with Crippen molar-refractivity contribution in [3.63, 3.8) is 0 Å². The molecule has 0 saturated heterocycles. The van der Waals surface area contributed by atoms with E-state index in [1.165, 1.54) is 6.07 Å². The van der Waals surface area contributed by atoms with Crippen molar-refractivity contribution in [3.05, 3.63) is 35.4 Å². The second-order valence-electron chi connectivity index (χ2n) is 2.33. The zero-order valence-electron chi connectivity index (χ0n) is 6.56. The van der Waals surface area contributed by atoms with Crippen LogP contribution in [0.2, 0.25) is 0 Å². The predicted molar refractivity (Wildman–Crippen MR) is 35.8 cm³/mol. The van der Waals surface area contributed by atoms with Crippen molar-refractivity contribution in [2.24, 2.45) is 0 Å². The van der Waals surface area contributed by atoms with Crippen LogP contribution in [0.3, 0.4) is 0 Å². The van der Waals surface area contributed by atoms with Crippen molar-refractivity contribution in [2.45, 2.75) is 6.18 Å². The van der Waals surface area contributed by atoms with Gasteiger partial charge >= 0.3 is 28.6 Å². The number of carbonyl (C=O) groups is 1. The van der Waals surface area contributed by atoms with Crippen molar-refractivity contribution in [1.29, 1.82) is 0 Å². The van der Waals surface area contributed by atoms with Crippen molar-refractivity contribution < 1.29 is 45.5 Å². The summed E-state index contributed by atoms with van der Waals surface area (Å²) in [6, 6.07) is 3.89. The fourth-order valence-electron chi connectivity index (χ4n) is 0.908. The zero-order valence-corrected chi connectivity index (χ0v) is 8.04. The van der Waals surface area contributed by atoms with Gasteiger partial charge in [-0.3, -0.25) is 0 Å². The third-order valence-corrected chi connectivity index (χ3v) is 1.45. The van der Waals surface area contributed by atoms with Gasteiger partial charge in [0.25, 0.3) is 0 Å². The first-order valence-electron chi connectivity index (χ1n) is 3.30. The number of alkyl halides is 3. The van der Waals surface area contributed by atoms with Crippen molar-refractivity contribution in [1.82, 2.24) is 0 Å². The Hall–Kier alpha value is -0.780. The molecule has 0 aliphatic rings. The molecule has 0 atom stereocenters. The number of hydrogen-bond donors (Lipinski definition) is 0. The molecule has 0 bridgehead atoms. The van der Waals surface area contributed by atoms with Gasteiger partial charge in [0, 0.05) is 5.56 Å². The van der Waals surface area contributed by atoms with Crippen LogP contribution in [0.15, 0.2) is 24.3 Å². The molecule has 0 aliphatic carbocycles. The SMILES string of the molecule is O=C([O-])c1ccccc1C(F)(F)F.[Ag+]. The molecule has 14 heavy (non-hydrogen) atoms. The van der Waals surface area contributed by atoms with Gasteiger partial charge in [0.1, 0.15) is 0 Å². The molecule has 0 aromatic heterocycles. The van der Waals surface area contributed by atoms with Gasteiger partial charge in [-0.05, 0) is 6.07 Å². The summed E-state index contributed by atoms with van der Waals surface area (Å²) in [6.07, 6.45) is -4.66. The van der Waals surface area contributed by atoms with Crippen LogP contribution in [0.25, 0.3) is 0 Å². The molecule has 0 amide bonds. The smallest absolute Gasteiger partial charge is 0.545 e. The van der Waals surface area contributed by atoms with Crippen LogP contribution in [0.1, 0.15) is 15.9 Å². The maximum atomic E-state index is 12.1. The van der Waals surface area contributed by atoms with Gasteiger partial charge in [0.05, 0.1) is 11.5 Å². The van der Waals surface area contributed by atoms with E-state index >= 15 is 0 Å². The van der Waals surface area contributed by atoms with E-state index in [1.807, 2.05) is 0 Å². The molecule has 1 aromatic rings. The number of carboxylic acids is 1. The summed E-state index contributed by atoms with van der Waals surface area (Å²) in [7, 11) is 0. The van der Waals surface area contributed by atoms with Gasteiger partial charge in [-0.25, -0.2) is 0 Å². The van der Waals surface area contributed by atoms with E-state index in [2.05, 4.69) is 0 Å². The molecule has 0 fully saturated rings. The summed E-state index contributed by atoms with van der Waals surface area (Å²) in [6.45, 7) is 0. The molecule has 6 heteroatoms. The van der Waals surface area contributed by atoms with E-state index in [4.69, 9.17) is 0 Å². The van der Waals surface area contributed by atoms with Crippen molar-refractivity contribution >= 4 is 5.97 Å². The Morgan fingerprint density at radius 1 is 1.21 bits per heavy atom. The van der Waals surface area contributed by atoms with Crippen LogP contribution in [0.5, 0.6) is 0 Å². The van der Waals surface area contributed by atoms with Crippen LogP contribution in [0, 0.1) is 0 Å². The van der Waals surface area contributed by atoms with E-state index in [-0.39, 0.29) is 22.4 Å². The number of hydrogen-bond acceptors (Lipinski definition) is 2. The van der Waals surface area contributed by atoms with Crippen LogP contribution in [-0.2, 0) is 28.6 Å². The van der Waals surface area contributed by atoms with Gasteiger partial charge in [-0.15, -0.1) is 0 Å². The normalized spacial score (nSPS) is 10.5. The minimum atomic E-state index is -4.66. The average Bonchev–Trinajstić information content (AvgIpc) is 2.03. The molecule has 0 spiro atoms. The van der Waals surface area contributed by atoms with E-state index < -0.39 is 23.3 Å². The number of carboxylic acid groups (broad SMARTS) is 1. The molecular formula is C8H4AgF3O2. The Morgan fingerprint density at radius 2 is 1.71 bits per heavy atom. The number of benzene rings is 1. The van der Waals surface area contributed by atoms with Gasteiger partial charge in [0.2, 0.25) is 0 Å². The molecule has 0 N–H and O–H groups in total. The average molecular weight is 297 g/mol. The van der Waals surface area contributed by atoms with Crippen LogP contribution in [-0.4, -0.2) is 5.97 Å². The topological polar surface area (TPSA) is 40.1 Å². The Balaban J connectivity index is 0.00000169. The Bertz CT molecular complexity index is 336. The summed E-state index contributed by atoms with van der Waals surface area (Å²) < 4.78 is 36.4. The van der Waals surface area contributed by atoms with E-state index in [0.717, 1.165) is 12.1 Å². The number of rotatable bonds is 1. The van der Waals surface area contributed by atoms with Crippen LogP contribution >= 0.6 is 0 Å². The first-order chi connectivity index (χ1) is 5.93. The molecule has 0 heterocycles. The van der Waals surface area contributed by atoms with Crippen LogP contribution in [0.4, 0.5) is 13.2 Å². The molecule has 0 aliphatic heterocycles. The Labute approximate surface area is 93.2 Å². The summed E-state index contributed by atoms with van der Waals surface area (Å²) in [4.78, 5) is 10.3. The van der Waals surface area contributed by atoms with E-state index in [9.17, 15) is 23.1 Å². The number of carbonyl (C=O) groups excluding carboxylic acids is 1. The molecular weight excluding hydrogens is 293 g/mol. The van der Waals surface area contributed by atoms with Gasteiger partial charge in [-0.1, -0.05) is 18.2 Å². The quantitative estimate of drug-likeness (QED) is 0.727. The second-order valence-corrected chi connectivity index (χ2v) is 2.33. The largest absolute Gasteiger partial charge is 1.00 e. The fraction of sp³-hybridized carbons (Fsp3) is 0.125. The van der Waals surface area contributed by atoms with Gasteiger partial charge < -0.3 is 9.90 Å². The predicted octanol–water partition coefficient (Wildman–Crippen LogP) is 1.07. The minimum Gasteiger partial charge on any atom is -0.545 e. The maximum absolute atomic E-state index is 12.1. The third kappa shape index (κ3) is 2.87. The number of halogens is 3. The second kappa shape index (κ2) is 4.63. The van der Waals surface area contributed by atoms with E-state index in [0.29, 0.717) is 6.07 Å². The summed E-state index contributed by atoms with van der Waals surface area (Å²) in [5.41, 5.74) is -2.02. The van der Waals surface area contributed by atoms with Gasteiger partial charge in [0.15, 0.2) is 0 Å². The molecule has 1 aromatic carbocycles. The summed E-state index contributed by atoms with van der Waals surface area (Å²) >= 11 is 0. The first-order valence-corrected chi connectivity index (χ1v) is 3.30. The zero-order chi connectivity index (χ0) is 10.1. The molecule has 1 rings (SSSR count). The maximum Gasteiger partial charge on any atom is 1.00 e. The molecule has 0 unspecified atom stereocenters. The fourth-order valence-corrected chi connectivity index (χ4v) is 0.908. The third-order valence-electron chi connectivity index (χ3n) is 1.45. The summed E-state index contributed by atoms with van der Waals surface area (Å²) in [5.74, 6) is -1.83. The Kier molecular flexibility index (Phi) is 4.38. The summed E-state index contributed by atoms with van der Waals surface area (Å²) in [5, 5.41) is 10.3.